The number of benzene rings is 2. The van der Waals surface area contributed by atoms with Crippen LogP contribution in [0.2, 0.25) is 10.0 Å². The van der Waals surface area contributed by atoms with Crippen LogP contribution in [0.25, 0.3) is 0 Å². The van der Waals surface area contributed by atoms with Gasteiger partial charge in [-0.05, 0) is 61.6 Å². The molecule has 36 heavy (non-hydrogen) atoms. The van der Waals surface area contributed by atoms with Gasteiger partial charge in [0.25, 0.3) is 0 Å². The third kappa shape index (κ3) is 5.76. The summed E-state index contributed by atoms with van der Waals surface area (Å²) >= 11 is 12.5. The van der Waals surface area contributed by atoms with Gasteiger partial charge < -0.3 is 10.0 Å². The summed E-state index contributed by atoms with van der Waals surface area (Å²) in [5.74, 6) is -0.525. The maximum absolute atomic E-state index is 14.1. The molecule has 0 aromatic heterocycles. The molecule has 2 aromatic carbocycles. The molecule has 0 saturated carbocycles. The smallest absolute Gasteiger partial charge is 0.381 e. The molecule has 1 aliphatic heterocycles. The van der Waals surface area contributed by atoms with Gasteiger partial charge in [0.1, 0.15) is 0 Å². The van der Waals surface area contributed by atoms with Crippen molar-refractivity contribution in [2.24, 2.45) is 5.41 Å². The molecule has 1 fully saturated rings. The minimum absolute atomic E-state index is 0.231. The van der Waals surface area contributed by atoms with Crippen molar-refractivity contribution in [2.45, 2.75) is 76.2 Å². The van der Waals surface area contributed by atoms with E-state index in [2.05, 4.69) is 6.58 Å². The second kappa shape index (κ2) is 10.8. The highest BCUT2D eigenvalue weighted by atomic mass is 35.5. The van der Waals surface area contributed by atoms with E-state index >= 15 is 0 Å². The number of piperidine rings is 1. The van der Waals surface area contributed by atoms with E-state index in [1.165, 1.54) is 0 Å². The van der Waals surface area contributed by atoms with Gasteiger partial charge in [0.2, 0.25) is 5.91 Å². The SMILES string of the molecule is C=CC[C@@]1(C)C[C@H](c2cccc(Cl)c2)[C@@H](c2ccc(Cl)cc2)N(C(CC)CC(C)(O)C(F)(F)F)C1=O. The van der Waals surface area contributed by atoms with Crippen LogP contribution in [0.15, 0.2) is 61.2 Å². The number of halogens is 5. The number of likely N-dealkylation sites (tertiary alicyclic amines) is 1. The minimum Gasteiger partial charge on any atom is -0.381 e. The molecule has 1 heterocycles. The molecule has 2 aromatic rings. The minimum atomic E-state index is -4.84. The molecule has 8 heteroatoms. The number of amides is 1. The molecule has 196 valence electrons. The Bertz CT molecular complexity index is 1090. The van der Waals surface area contributed by atoms with Crippen molar-refractivity contribution in [1.29, 1.82) is 0 Å². The second-order valence-corrected chi connectivity index (χ2v) is 11.0. The van der Waals surface area contributed by atoms with E-state index in [1.54, 1.807) is 48.2 Å². The van der Waals surface area contributed by atoms with Crippen LogP contribution >= 0.6 is 23.2 Å². The molecular formula is C28H32Cl2F3NO2. The van der Waals surface area contributed by atoms with Crippen LogP contribution in [0.3, 0.4) is 0 Å². The summed E-state index contributed by atoms with van der Waals surface area (Å²) in [6.07, 6.45) is -2.77. The van der Waals surface area contributed by atoms with Crippen LogP contribution in [-0.2, 0) is 4.79 Å². The van der Waals surface area contributed by atoms with Crippen LogP contribution in [-0.4, -0.2) is 33.7 Å². The van der Waals surface area contributed by atoms with Gasteiger partial charge in [0.05, 0.1) is 11.5 Å². The number of aliphatic hydroxyl groups is 1. The molecular weight excluding hydrogens is 510 g/mol. The van der Waals surface area contributed by atoms with Crippen LogP contribution in [0.1, 0.15) is 69.5 Å². The Morgan fingerprint density at radius 3 is 2.33 bits per heavy atom. The van der Waals surface area contributed by atoms with Gasteiger partial charge in [-0.1, -0.05) is 67.4 Å². The van der Waals surface area contributed by atoms with Gasteiger partial charge in [0.15, 0.2) is 5.60 Å². The molecule has 1 N–H and O–H groups in total. The van der Waals surface area contributed by atoms with Gasteiger partial charge in [-0.3, -0.25) is 4.79 Å². The fourth-order valence-corrected chi connectivity index (χ4v) is 5.63. The molecule has 0 bridgehead atoms. The highest BCUT2D eigenvalue weighted by molar-refractivity contribution is 6.30. The maximum atomic E-state index is 14.1. The number of hydrogen-bond donors (Lipinski definition) is 1. The second-order valence-electron chi connectivity index (χ2n) is 10.2. The number of carbonyl (C=O) groups excluding carboxylic acids is 1. The number of carbonyl (C=O) groups is 1. The van der Waals surface area contributed by atoms with Gasteiger partial charge >= 0.3 is 6.18 Å². The molecule has 0 spiro atoms. The zero-order valence-electron chi connectivity index (χ0n) is 20.7. The van der Waals surface area contributed by atoms with Crippen molar-refractivity contribution in [3.8, 4) is 0 Å². The molecule has 1 amide bonds. The molecule has 3 rings (SSSR count). The normalized spacial score (nSPS) is 25.4. The molecule has 3 nitrogen and oxygen atoms in total. The zero-order chi connectivity index (χ0) is 26.9. The molecule has 1 aliphatic rings. The van der Waals surface area contributed by atoms with Crippen LogP contribution in [0.4, 0.5) is 13.2 Å². The largest absolute Gasteiger partial charge is 0.416 e. The fraction of sp³-hybridized carbons (Fsp3) is 0.464. The van der Waals surface area contributed by atoms with Crippen LogP contribution in [0.5, 0.6) is 0 Å². The van der Waals surface area contributed by atoms with E-state index in [9.17, 15) is 23.1 Å². The highest BCUT2D eigenvalue weighted by Gasteiger charge is 2.55. The molecule has 1 saturated heterocycles. The van der Waals surface area contributed by atoms with Gasteiger partial charge in [0, 0.05) is 28.4 Å². The summed E-state index contributed by atoms with van der Waals surface area (Å²) in [7, 11) is 0. The van der Waals surface area contributed by atoms with Crippen molar-refractivity contribution in [2.75, 3.05) is 0 Å². The third-order valence-corrected chi connectivity index (χ3v) is 7.78. The lowest BCUT2D eigenvalue weighted by atomic mass is 9.66. The Hall–Kier alpha value is -2.02. The first-order valence-corrected chi connectivity index (χ1v) is 12.7. The Kier molecular flexibility index (Phi) is 8.54. The number of alkyl halides is 3. The lowest BCUT2D eigenvalue weighted by molar-refractivity contribution is -0.259. The quantitative estimate of drug-likeness (QED) is 0.343. The maximum Gasteiger partial charge on any atom is 0.416 e. The molecule has 2 unspecified atom stereocenters. The van der Waals surface area contributed by atoms with E-state index in [-0.39, 0.29) is 18.2 Å². The summed E-state index contributed by atoms with van der Waals surface area (Å²) < 4.78 is 41.2. The lowest BCUT2D eigenvalue weighted by Gasteiger charge is -2.53. The number of nitrogens with zero attached hydrogens (tertiary/aromatic N) is 1. The summed E-state index contributed by atoms with van der Waals surface area (Å²) in [5, 5.41) is 11.4. The number of hydrogen-bond acceptors (Lipinski definition) is 2. The Balaban J connectivity index is 2.24. The first-order chi connectivity index (χ1) is 16.7. The Labute approximate surface area is 220 Å². The van der Waals surface area contributed by atoms with Crippen LogP contribution in [0, 0.1) is 5.41 Å². The first kappa shape index (κ1) is 28.5. The van der Waals surface area contributed by atoms with E-state index in [0.717, 1.165) is 18.1 Å². The predicted octanol–water partition coefficient (Wildman–Crippen LogP) is 8.12. The van der Waals surface area contributed by atoms with Crippen molar-refractivity contribution in [1.82, 2.24) is 4.90 Å². The van der Waals surface area contributed by atoms with Crippen LogP contribution < -0.4 is 0 Å². The zero-order valence-corrected chi connectivity index (χ0v) is 22.2. The fourth-order valence-electron chi connectivity index (χ4n) is 5.30. The molecule has 0 radical (unpaired) electrons. The molecule has 5 atom stereocenters. The topological polar surface area (TPSA) is 40.5 Å². The Morgan fingerprint density at radius 1 is 1.17 bits per heavy atom. The van der Waals surface area contributed by atoms with Gasteiger partial charge in [-0.2, -0.15) is 13.2 Å². The van der Waals surface area contributed by atoms with Gasteiger partial charge in [-0.25, -0.2) is 0 Å². The van der Waals surface area contributed by atoms with E-state index in [0.29, 0.717) is 22.9 Å². The molecule has 0 aliphatic carbocycles. The third-order valence-electron chi connectivity index (χ3n) is 7.29. The highest BCUT2D eigenvalue weighted by Crippen LogP contribution is 2.53. The van der Waals surface area contributed by atoms with E-state index in [1.807, 2.05) is 25.1 Å². The summed E-state index contributed by atoms with van der Waals surface area (Å²) in [5.41, 5.74) is -2.22. The predicted molar refractivity (Wildman–Crippen MR) is 138 cm³/mol. The van der Waals surface area contributed by atoms with Crippen molar-refractivity contribution in [3.05, 3.63) is 82.4 Å². The van der Waals surface area contributed by atoms with Crippen molar-refractivity contribution in [3.63, 3.8) is 0 Å². The Morgan fingerprint density at radius 2 is 1.81 bits per heavy atom. The summed E-state index contributed by atoms with van der Waals surface area (Å²) in [4.78, 5) is 15.7. The lowest BCUT2D eigenvalue weighted by Crippen LogP contribution is -2.58. The average Bonchev–Trinajstić information content (AvgIpc) is 2.79. The van der Waals surface area contributed by atoms with E-state index in [4.69, 9.17) is 23.2 Å². The van der Waals surface area contributed by atoms with E-state index < -0.39 is 35.7 Å². The average molecular weight is 542 g/mol. The summed E-state index contributed by atoms with van der Waals surface area (Å²) in [6.45, 7) is 8.14. The van der Waals surface area contributed by atoms with Gasteiger partial charge in [-0.15, -0.1) is 6.58 Å². The number of rotatable bonds is 8. The standard InChI is InChI=1S/C28H32Cl2F3NO2/c1-5-14-26(3)17-23(19-8-7-9-21(30)15-19)24(18-10-12-20(29)13-11-18)34(25(26)35)22(6-2)16-27(4,36)28(31,32)33/h5,7-13,15,22-24,36H,1,6,14,16-17H2,2-4H3/t22?,23-,24-,26+,27?/m1/s1. The number of allylic oxidation sites excluding steroid dienone is 1. The first-order valence-electron chi connectivity index (χ1n) is 12.0. The summed E-state index contributed by atoms with van der Waals surface area (Å²) in [6, 6.07) is 12.9. The monoisotopic (exact) mass is 541 g/mol. The van der Waals surface area contributed by atoms with Crippen molar-refractivity contribution < 1.29 is 23.1 Å². The van der Waals surface area contributed by atoms with Crippen molar-refractivity contribution >= 4 is 29.1 Å².